The third-order valence-electron chi connectivity index (χ3n) is 5.53. The minimum Gasteiger partial charge on any atom is -0.307 e. The van der Waals surface area contributed by atoms with Gasteiger partial charge in [0.15, 0.2) is 0 Å². The van der Waals surface area contributed by atoms with Crippen LogP contribution in [0.1, 0.15) is 69.5 Å². The van der Waals surface area contributed by atoms with Gasteiger partial charge in [0.05, 0.1) is 0 Å². The van der Waals surface area contributed by atoms with E-state index < -0.39 is 0 Å². The highest BCUT2D eigenvalue weighted by molar-refractivity contribution is 5.34. The molecule has 3 rings (SSSR count). The number of aryl methyl sites for hydroxylation is 1. The number of fused-ring (bicyclic) bond motifs is 1. The van der Waals surface area contributed by atoms with E-state index in [1.54, 1.807) is 11.1 Å². The summed E-state index contributed by atoms with van der Waals surface area (Å²) >= 11 is 0. The zero-order chi connectivity index (χ0) is 13.9. The van der Waals surface area contributed by atoms with Gasteiger partial charge in [0, 0.05) is 12.1 Å². The molecule has 2 aliphatic rings. The molecule has 1 fully saturated rings. The Hall–Kier alpha value is -0.820. The van der Waals surface area contributed by atoms with Crippen molar-refractivity contribution in [3.63, 3.8) is 0 Å². The Labute approximate surface area is 124 Å². The van der Waals surface area contributed by atoms with Crippen LogP contribution in [-0.2, 0) is 6.42 Å². The molecule has 1 heteroatoms. The Morgan fingerprint density at radius 2 is 1.85 bits per heavy atom. The molecule has 1 N–H and O–H groups in total. The number of nitrogens with one attached hydrogen (secondary N) is 1. The molecule has 0 saturated heterocycles. The molecule has 0 aliphatic heterocycles. The summed E-state index contributed by atoms with van der Waals surface area (Å²) in [4.78, 5) is 0. The highest BCUT2D eigenvalue weighted by Gasteiger charge is 2.26. The van der Waals surface area contributed by atoms with E-state index in [-0.39, 0.29) is 0 Å². The van der Waals surface area contributed by atoms with E-state index in [0.29, 0.717) is 6.04 Å². The molecule has 0 bridgehead atoms. The van der Waals surface area contributed by atoms with Crippen LogP contribution in [0.25, 0.3) is 0 Å². The Kier molecular flexibility index (Phi) is 4.45. The standard InChI is InChI=1S/C19H29N/c1-14(2)15-7-5-8-17(12-10-15)20-19-13-11-16-6-3-4-9-18(16)19/h3-4,6,9,14-15,17,19-20H,5,7-8,10-13H2,1-2H3. The summed E-state index contributed by atoms with van der Waals surface area (Å²) in [6.07, 6.45) is 9.58. The van der Waals surface area contributed by atoms with Crippen molar-refractivity contribution in [3.05, 3.63) is 35.4 Å². The Balaban J connectivity index is 1.59. The smallest absolute Gasteiger partial charge is 0.0328 e. The van der Waals surface area contributed by atoms with Crippen molar-refractivity contribution in [2.45, 2.75) is 70.9 Å². The number of hydrogen-bond acceptors (Lipinski definition) is 1. The van der Waals surface area contributed by atoms with Crippen LogP contribution >= 0.6 is 0 Å². The molecular weight excluding hydrogens is 242 g/mol. The summed E-state index contributed by atoms with van der Waals surface area (Å²) in [5.74, 6) is 1.82. The predicted octanol–water partition coefficient (Wildman–Crippen LogP) is 4.87. The molecule has 0 aromatic heterocycles. The average Bonchev–Trinajstić information content (AvgIpc) is 2.69. The molecule has 0 heterocycles. The number of benzene rings is 1. The van der Waals surface area contributed by atoms with Crippen molar-refractivity contribution in [2.75, 3.05) is 0 Å². The molecule has 0 spiro atoms. The van der Waals surface area contributed by atoms with Crippen LogP contribution in [0.4, 0.5) is 0 Å². The quantitative estimate of drug-likeness (QED) is 0.773. The average molecular weight is 271 g/mol. The van der Waals surface area contributed by atoms with Gasteiger partial charge in [0.2, 0.25) is 0 Å². The Morgan fingerprint density at radius 3 is 2.70 bits per heavy atom. The van der Waals surface area contributed by atoms with Gasteiger partial charge in [0.1, 0.15) is 0 Å². The van der Waals surface area contributed by atoms with Crippen LogP contribution in [-0.4, -0.2) is 6.04 Å². The fourth-order valence-electron chi connectivity index (χ4n) is 4.18. The van der Waals surface area contributed by atoms with E-state index >= 15 is 0 Å². The summed E-state index contributed by atoms with van der Waals surface area (Å²) in [5, 5.41) is 3.97. The van der Waals surface area contributed by atoms with Crippen LogP contribution in [0.15, 0.2) is 24.3 Å². The Morgan fingerprint density at radius 1 is 1.00 bits per heavy atom. The SMILES string of the molecule is CC(C)C1CCCC(NC2CCc3ccccc32)CC1. The van der Waals surface area contributed by atoms with Gasteiger partial charge in [-0.15, -0.1) is 0 Å². The van der Waals surface area contributed by atoms with Crippen LogP contribution in [0.3, 0.4) is 0 Å². The molecule has 0 radical (unpaired) electrons. The van der Waals surface area contributed by atoms with Gasteiger partial charge in [-0.05, 0) is 55.1 Å². The van der Waals surface area contributed by atoms with Crippen LogP contribution < -0.4 is 5.32 Å². The molecule has 3 unspecified atom stereocenters. The second kappa shape index (κ2) is 6.30. The maximum atomic E-state index is 3.97. The molecule has 1 saturated carbocycles. The molecule has 1 nitrogen and oxygen atoms in total. The van der Waals surface area contributed by atoms with E-state index in [1.807, 2.05) is 0 Å². The fourth-order valence-corrected chi connectivity index (χ4v) is 4.18. The third-order valence-corrected chi connectivity index (χ3v) is 5.53. The molecule has 2 aliphatic carbocycles. The van der Waals surface area contributed by atoms with Gasteiger partial charge in [0.25, 0.3) is 0 Å². The molecule has 20 heavy (non-hydrogen) atoms. The highest BCUT2D eigenvalue weighted by Crippen LogP contribution is 2.34. The lowest BCUT2D eigenvalue weighted by Crippen LogP contribution is -2.31. The zero-order valence-corrected chi connectivity index (χ0v) is 13.1. The van der Waals surface area contributed by atoms with Gasteiger partial charge < -0.3 is 5.32 Å². The van der Waals surface area contributed by atoms with Gasteiger partial charge in [-0.3, -0.25) is 0 Å². The van der Waals surface area contributed by atoms with Crippen LogP contribution in [0.5, 0.6) is 0 Å². The van der Waals surface area contributed by atoms with Gasteiger partial charge in [-0.1, -0.05) is 51.0 Å². The van der Waals surface area contributed by atoms with Crippen LogP contribution in [0.2, 0.25) is 0 Å². The van der Waals surface area contributed by atoms with Gasteiger partial charge in [-0.2, -0.15) is 0 Å². The van der Waals surface area contributed by atoms with Crippen molar-refractivity contribution in [2.24, 2.45) is 11.8 Å². The van der Waals surface area contributed by atoms with Crippen molar-refractivity contribution in [1.82, 2.24) is 5.32 Å². The molecule has 1 aromatic carbocycles. The predicted molar refractivity (Wildman–Crippen MR) is 85.8 cm³/mol. The third kappa shape index (κ3) is 3.09. The first-order valence-corrected chi connectivity index (χ1v) is 8.58. The molecule has 110 valence electrons. The lowest BCUT2D eigenvalue weighted by Gasteiger charge is -2.23. The zero-order valence-electron chi connectivity index (χ0n) is 13.1. The topological polar surface area (TPSA) is 12.0 Å². The monoisotopic (exact) mass is 271 g/mol. The first-order valence-electron chi connectivity index (χ1n) is 8.58. The second-order valence-electron chi connectivity index (χ2n) is 7.17. The van der Waals surface area contributed by atoms with Crippen molar-refractivity contribution in [1.29, 1.82) is 0 Å². The maximum Gasteiger partial charge on any atom is 0.0328 e. The summed E-state index contributed by atoms with van der Waals surface area (Å²) in [6, 6.07) is 10.4. The normalized spacial score (nSPS) is 30.2. The fraction of sp³-hybridized carbons (Fsp3) is 0.684. The van der Waals surface area contributed by atoms with E-state index in [0.717, 1.165) is 17.9 Å². The Bertz CT molecular complexity index is 437. The molecule has 3 atom stereocenters. The summed E-state index contributed by atoms with van der Waals surface area (Å²) < 4.78 is 0. The van der Waals surface area contributed by atoms with Crippen molar-refractivity contribution < 1.29 is 0 Å². The summed E-state index contributed by atoms with van der Waals surface area (Å²) in [7, 11) is 0. The van der Waals surface area contributed by atoms with Gasteiger partial charge >= 0.3 is 0 Å². The minimum absolute atomic E-state index is 0.617. The largest absolute Gasteiger partial charge is 0.307 e. The first kappa shape index (κ1) is 14.1. The van der Waals surface area contributed by atoms with Crippen LogP contribution in [0, 0.1) is 11.8 Å². The van der Waals surface area contributed by atoms with Crippen molar-refractivity contribution in [3.8, 4) is 0 Å². The minimum atomic E-state index is 0.617. The van der Waals surface area contributed by atoms with E-state index in [9.17, 15) is 0 Å². The van der Waals surface area contributed by atoms with E-state index in [1.165, 1.54) is 44.9 Å². The number of rotatable bonds is 3. The van der Waals surface area contributed by atoms with Crippen molar-refractivity contribution >= 4 is 0 Å². The second-order valence-corrected chi connectivity index (χ2v) is 7.17. The molecule has 0 amide bonds. The summed E-state index contributed by atoms with van der Waals surface area (Å²) in [5.41, 5.74) is 3.14. The lowest BCUT2D eigenvalue weighted by atomic mass is 9.89. The van der Waals surface area contributed by atoms with E-state index in [4.69, 9.17) is 0 Å². The number of hydrogen-bond donors (Lipinski definition) is 1. The maximum absolute atomic E-state index is 3.97. The van der Waals surface area contributed by atoms with Gasteiger partial charge in [-0.25, -0.2) is 0 Å². The lowest BCUT2D eigenvalue weighted by molar-refractivity contribution is 0.333. The molecular formula is C19H29N. The molecule has 1 aromatic rings. The van der Waals surface area contributed by atoms with E-state index in [2.05, 4.69) is 43.4 Å². The summed E-state index contributed by atoms with van der Waals surface area (Å²) in [6.45, 7) is 4.79. The highest BCUT2D eigenvalue weighted by atomic mass is 15.0. The first-order chi connectivity index (χ1) is 9.74.